The number of carboxylic acid groups (broad SMARTS) is 1. The maximum Gasteiger partial charge on any atom is 0.325 e. The van der Waals surface area contributed by atoms with Crippen molar-refractivity contribution in [2.24, 2.45) is 0 Å². The lowest BCUT2D eigenvalue weighted by molar-refractivity contribution is -0.144. The number of likely N-dealkylation sites (N-methyl/N-ethyl adjacent to an activating group) is 1. The number of aliphatic carboxylic acids is 1. The summed E-state index contributed by atoms with van der Waals surface area (Å²) in [6, 6.07) is 0. The van der Waals surface area contributed by atoms with Gasteiger partial charge in [0, 0.05) is 6.20 Å². The number of nitrogens with zero attached hydrogens (tertiary/aromatic N) is 2. The first kappa shape index (κ1) is 12.0. The molecule has 1 rings (SSSR count). The fraction of sp³-hybridized carbons (Fsp3) is 0.556. The van der Waals surface area contributed by atoms with E-state index >= 15 is 0 Å². The van der Waals surface area contributed by atoms with Crippen LogP contribution in [0.2, 0.25) is 5.02 Å². The summed E-state index contributed by atoms with van der Waals surface area (Å²) in [5, 5.41) is 16.5. The SMILES string of the molecule is CCNC(C)(Cn1cc(Cl)cn1)C(=O)O. The number of nitrogens with one attached hydrogen (secondary N) is 1. The standard InChI is InChI=1S/C9H14ClN3O2/c1-3-11-9(2,8(14)15)6-13-5-7(10)4-12-13/h4-5,11H,3,6H2,1-2H3,(H,14,15). The summed E-state index contributed by atoms with van der Waals surface area (Å²) in [6.07, 6.45) is 3.08. The van der Waals surface area contributed by atoms with Crippen molar-refractivity contribution in [3.8, 4) is 0 Å². The van der Waals surface area contributed by atoms with Gasteiger partial charge in [-0.25, -0.2) is 0 Å². The van der Waals surface area contributed by atoms with Crippen LogP contribution in [0.25, 0.3) is 0 Å². The molecular formula is C9H14ClN3O2. The van der Waals surface area contributed by atoms with Gasteiger partial charge < -0.3 is 10.4 Å². The van der Waals surface area contributed by atoms with Crippen LogP contribution in [-0.4, -0.2) is 32.9 Å². The van der Waals surface area contributed by atoms with E-state index in [-0.39, 0.29) is 6.54 Å². The molecule has 0 aliphatic rings. The van der Waals surface area contributed by atoms with Gasteiger partial charge in [-0.05, 0) is 13.5 Å². The molecule has 0 radical (unpaired) electrons. The van der Waals surface area contributed by atoms with Gasteiger partial charge in [0.15, 0.2) is 0 Å². The molecule has 1 heterocycles. The van der Waals surface area contributed by atoms with Gasteiger partial charge in [0.1, 0.15) is 5.54 Å². The summed E-state index contributed by atoms with van der Waals surface area (Å²) in [5.41, 5.74) is -1.02. The predicted octanol–water partition coefficient (Wildman–Crippen LogP) is 0.989. The number of hydrogen-bond acceptors (Lipinski definition) is 3. The third kappa shape index (κ3) is 2.94. The first-order valence-corrected chi connectivity index (χ1v) is 5.02. The Morgan fingerprint density at radius 2 is 2.47 bits per heavy atom. The Morgan fingerprint density at radius 3 is 2.87 bits per heavy atom. The van der Waals surface area contributed by atoms with Crippen molar-refractivity contribution in [1.29, 1.82) is 0 Å². The van der Waals surface area contributed by atoms with E-state index in [4.69, 9.17) is 16.7 Å². The lowest BCUT2D eigenvalue weighted by Gasteiger charge is -2.25. The van der Waals surface area contributed by atoms with Gasteiger partial charge >= 0.3 is 5.97 Å². The number of halogens is 1. The highest BCUT2D eigenvalue weighted by Gasteiger charge is 2.32. The van der Waals surface area contributed by atoms with Crippen molar-refractivity contribution in [3.05, 3.63) is 17.4 Å². The second kappa shape index (κ2) is 4.63. The van der Waals surface area contributed by atoms with Crippen LogP contribution in [0.3, 0.4) is 0 Å². The lowest BCUT2D eigenvalue weighted by atomic mass is 10.0. The molecule has 1 unspecified atom stereocenters. The second-order valence-electron chi connectivity index (χ2n) is 3.52. The fourth-order valence-electron chi connectivity index (χ4n) is 1.34. The van der Waals surface area contributed by atoms with E-state index in [9.17, 15) is 4.79 Å². The maximum atomic E-state index is 11.1. The molecule has 0 fully saturated rings. The fourth-order valence-corrected chi connectivity index (χ4v) is 1.49. The number of aromatic nitrogens is 2. The van der Waals surface area contributed by atoms with Gasteiger partial charge in [-0.15, -0.1) is 0 Å². The molecule has 1 atom stereocenters. The van der Waals surface area contributed by atoms with E-state index in [2.05, 4.69) is 10.4 Å². The average Bonchev–Trinajstić information content (AvgIpc) is 2.51. The molecule has 0 aliphatic heterocycles. The molecule has 5 nitrogen and oxygen atoms in total. The van der Waals surface area contributed by atoms with Crippen LogP contribution in [0.1, 0.15) is 13.8 Å². The van der Waals surface area contributed by atoms with E-state index in [1.807, 2.05) is 6.92 Å². The summed E-state index contributed by atoms with van der Waals surface area (Å²) >= 11 is 5.69. The third-order valence-corrected chi connectivity index (χ3v) is 2.31. The summed E-state index contributed by atoms with van der Waals surface area (Å²) in [7, 11) is 0. The Morgan fingerprint density at radius 1 is 1.80 bits per heavy atom. The van der Waals surface area contributed by atoms with E-state index in [1.165, 1.54) is 10.9 Å². The lowest BCUT2D eigenvalue weighted by Crippen LogP contribution is -2.52. The van der Waals surface area contributed by atoms with Crippen LogP contribution >= 0.6 is 11.6 Å². The number of rotatable bonds is 5. The largest absolute Gasteiger partial charge is 0.480 e. The second-order valence-corrected chi connectivity index (χ2v) is 3.96. The van der Waals surface area contributed by atoms with Crippen molar-refractivity contribution in [3.63, 3.8) is 0 Å². The normalized spacial score (nSPS) is 14.9. The first-order valence-electron chi connectivity index (χ1n) is 4.64. The molecule has 0 spiro atoms. The summed E-state index contributed by atoms with van der Waals surface area (Å²) in [6.45, 7) is 4.30. The topological polar surface area (TPSA) is 67.2 Å². The zero-order valence-corrected chi connectivity index (χ0v) is 9.45. The summed E-state index contributed by atoms with van der Waals surface area (Å²) in [4.78, 5) is 11.1. The Balaban J connectivity index is 2.79. The van der Waals surface area contributed by atoms with Crippen LogP contribution in [0, 0.1) is 0 Å². The number of carboxylic acids is 1. The molecular weight excluding hydrogens is 218 g/mol. The van der Waals surface area contributed by atoms with Crippen LogP contribution in [0.5, 0.6) is 0 Å². The van der Waals surface area contributed by atoms with Crippen molar-refractivity contribution in [1.82, 2.24) is 15.1 Å². The van der Waals surface area contributed by atoms with Crippen LogP contribution in [-0.2, 0) is 11.3 Å². The third-order valence-electron chi connectivity index (χ3n) is 2.12. The average molecular weight is 232 g/mol. The minimum absolute atomic E-state index is 0.239. The number of hydrogen-bond donors (Lipinski definition) is 2. The van der Waals surface area contributed by atoms with Crippen molar-refractivity contribution >= 4 is 17.6 Å². The van der Waals surface area contributed by atoms with Gasteiger partial charge in [-0.1, -0.05) is 18.5 Å². The van der Waals surface area contributed by atoms with Gasteiger partial charge in [0.05, 0.1) is 17.8 Å². The van der Waals surface area contributed by atoms with Crippen molar-refractivity contribution < 1.29 is 9.90 Å². The molecule has 0 aliphatic carbocycles. The smallest absolute Gasteiger partial charge is 0.325 e. The van der Waals surface area contributed by atoms with Gasteiger partial charge in [0.2, 0.25) is 0 Å². The minimum atomic E-state index is -1.02. The quantitative estimate of drug-likeness (QED) is 0.793. The molecule has 0 amide bonds. The molecule has 84 valence electrons. The summed E-state index contributed by atoms with van der Waals surface area (Å²) in [5.74, 6) is -0.907. The minimum Gasteiger partial charge on any atom is -0.480 e. The molecule has 6 heteroatoms. The maximum absolute atomic E-state index is 11.1. The van der Waals surface area contributed by atoms with E-state index in [0.29, 0.717) is 11.6 Å². The van der Waals surface area contributed by atoms with Crippen molar-refractivity contribution in [2.75, 3.05) is 6.54 Å². The molecule has 0 saturated heterocycles. The van der Waals surface area contributed by atoms with E-state index in [1.54, 1.807) is 13.1 Å². The molecule has 0 aromatic carbocycles. The molecule has 15 heavy (non-hydrogen) atoms. The molecule has 0 bridgehead atoms. The van der Waals surface area contributed by atoms with Gasteiger partial charge in [-0.3, -0.25) is 9.48 Å². The first-order chi connectivity index (χ1) is 6.98. The van der Waals surface area contributed by atoms with E-state index in [0.717, 1.165) is 0 Å². The molecule has 2 N–H and O–H groups in total. The van der Waals surface area contributed by atoms with Crippen LogP contribution < -0.4 is 5.32 Å². The van der Waals surface area contributed by atoms with Crippen molar-refractivity contribution in [2.45, 2.75) is 25.9 Å². The van der Waals surface area contributed by atoms with Gasteiger partial charge in [0.25, 0.3) is 0 Å². The van der Waals surface area contributed by atoms with Gasteiger partial charge in [-0.2, -0.15) is 5.10 Å². The Kier molecular flexibility index (Phi) is 3.71. The van der Waals surface area contributed by atoms with Crippen LogP contribution in [0.4, 0.5) is 0 Å². The molecule has 1 aromatic heterocycles. The zero-order valence-electron chi connectivity index (χ0n) is 8.70. The van der Waals surface area contributed by atoms with E-state index < -0.39 is 11.5 Å². The Labute approximate surface area is 93.0 Å². The highest BCUT2D eigenvalue weighted by Crippen LogP contribution is 2.11. The molecule has 0 saturated carbocycles. The Hall–Kier alpha value is -1.07. The zero-order chi connectivity index (χ0) is 11.5. The summed E-state index contributed by atoms with van der Waals surface area (Å²) < 4.78 is 1.51. The number of carbonyl (C=O) groups is 1. The Bertz CT molecular complexity index is 353. The highest BCUT2D eigenvalue weighted by molar-refractivity contribution is 6.30. The molecule has 1 aromatic rings. The monoisotopic (exact) mass is 231 g/mol. The highest BCUT2D eigenvalue weighted by atomic mass is 35.5. The predicted molar refractivity (Wildman–Crippen MR) is 57.0 cm³/mol. The van der Waals surface area contributed by atoms with Crippen LogP contribution in [0.15, 0.2) is 12.4 Å².